The lowest BCUT2D eigenvalue weighted by Crippen LogP contribution is -2.44. The van der Waals surface area contributed by atoms with Gasteiger partial charge in [-0.25, -0.2) is 4.98 Å². The molecule has 3 unspecified atom stereocenters. The van der Waals surface area contributed by atoms with Crippen molar-refractivity contribution in [3.63, 3.8) is 0 Å². The van der Waals surface area contributed by atoms with Crippen molar-refractivity contribution >= 4 is 33.9 Å². The van der Waals surface area contributed by atoms with Crippen LogP contribution in [-0.4, -0.2) is 42.6 Å². The van der Waals surface area contributed by atoms with Crippen molar-refractivity contribution in [2.45, 2.75) is 57.6 Å². The number of hydrogen-bond acceptors (Lipinski definition) is 6. The van der Waals surface area contributed by atoms with E-state index in [1.54, 1.807) is 0 Å². The monoisotopic (exact) mass is 572 g/mol. The topological polar surface area (TPSA) is 87.4 Å². The molecule has 1 aliphatic carbocycles. The number of hydrogen-bond donors (Lipinski definition) is 2. The summed E-state index contributed by atoms with van der Waals surface area (Å²) in [4.78, 5) is 8.63. The van der Waals surface area contributed by atoms with Crippen molar-refractivity contribution in [3.05, 3.63) is 58.9 Å². The number of aliphatic hydroxyl groups is 1. The lowest BCUT2D eigenvalue weighted by molar-refractivity contribution is -0.00575. The van der Waals surface area contributed by atoms with E-state index >= 15 is 0 Å². The largest absolute Gasteiger partial charge is 0.381 e. The molecular weight excluding hydrogens is 543 g/mol. The Hall–Kier alpha value is -2.17. The van der Waals surface area contributed by atoms with Gasteiger partial charge in [-0.3, -0.25) is 0 Å². The lowest BCUT2D eigenvalue weighted by Gasteiger charge is -2.42. The molecule has 3 aliphatic rings. The molecule has 178 valence electrons. The number of aromatic nitrogens is 3. The number of benzene rings is 1. The number of ether oxygens (including phenoxy) is 1. The van der Waals surface area contributed by atoms with E-state index < -0.39 is 5.60 Å². The molecule has 0 radical (unpaired) electrons. The van der Waals surface area contributed by atoms with Gasteiger partial charge in [-0.1, -0.05) is 17.3 Å². The predicted molar refractivity (Wildman–Crippen MR) is 138 cm³/mol. The molecule has 7 nitrogen and oxygen atoms in total. The van der Waals surface area contributed by atoms with Crippen LogP contribution in [0, 0.1) is 19.8 Å². The van der Waals surface area contributed by atoms with Crippen LogP contribution in [0.1, 0.15) is 54.9 Å². The molecular formula is C26H29IN4O3. The summed E-state index contributed by atoms with van der Waals surface area (Å²) >= 11 is 2.32. The van der Waals surface area contributed by atoms with Crippen molar-refractivity contribution in [2.24, 2.45) is 5.92 Å². The van der Waals surface area contributed by atoms with Gasteiger partial charge in [0, 0.05) is 29.6 Å². The maximum atomic E-state index is 12.8. The SMILES string of the molecule is Cc1noc(C)c1-c1cc(C(O)(C2=CC=CC(C)N2I)C2CCOC2)c2nc(C3CC3)[nH]c2c1. The number of fused-ring (bicyclic) bond motifs is 1. The highest BCUT2D eigenvalue weighted by molar-refractivity contribution is 14.1. The minimum absolute atomic E-state index is 0.0843. The van der Waals surface area contributed by atoms with Crippen LogP contribution in [0.3, 0.4) is 0 Å². The second-order valence-electron chi connectivity index (χ2n) is 9.83. The van der Waals surface area contributed by atoms with Gasteiger partial charge in [-0.2, -0.15) is 0 Å². The third-order valence-corrected chi connectivity index (χ3v) is 8.84. The van der Waals surface area contributed by atoms with E-state index in [0.29, 0.717) is 19.1 Å². The minimum atomic E-state index is -1.26. The fraction of sp³-hybridized carbons (Fsp3) is 0.462. The van der Waals surface area contributed by atoms with Crippen LogP contribution in [0.5, 0.6) is 0 Å². The Balaban J connectivity index is 1.64. The number of allylic oxidation sites excluding steroid dienone is 2. The molecule has 0 spiro atoms. The molecule has 34 heavy (non-hydrogen) atoms. The van der Waals surface area contributed by atoms with E-state index in [9.17, 15) is 5.11 Å². The van der Waals surface area contributed by atoms with Gasteiger partial charge in [0.1, 0.15) is 17.2 Å². The minimum Gasteiger partial charge on any atom is -0.381 e. The zero-order valence-corrected chi connectivity index (χ0v) is 21.8. The summed E-state index contributed by atoms with van der Waals surface area (Å²) in [7, 11) is 0. The average molecular weight is 572 g/mol. The molecule has 6 rings (SSSR count). The summed E-state index contributed by atoms with van der Waals surface area (Å²) in [6.45, 7) is 7.18. The summed E-state index contributed by atoms with van der Waals surface area (Å²) in [6, 6.07) is 4.38. The standard InChI is InChI=1S/C26H29IN4O3/c1-14-5-4-6-22(31(14)27)26(32,19-9-10-33-13-19)20-11-18(23-15(2)30-34-16(23)3)12-21-24(20)29-25(28-21)17-7-8-17/h4-6,11-12,14,17,19,32H,7-10,13H2,1-3H3,(H,28,29). The number of aryl methyl sites for hydroxylation is 2. The smallest absolute Gasteiger partial charge is 0.141 e. The third-order valence-electron chi connectivity index (χ3n) is 7.44. The number of imidazole rings is 1. The van der Waals surface area contributed by atoms with E-state index in [4.69, 9.17) is 14.2 Å². The summed E-state index contributed by atoms with van der Waals surface area (Å²) in [6.07, 6.45) is 9.31. The van der Waals surface area contributed by atoms with Crippen molar-refractivity contribution < 1.29 is 14.4 Å². The molecule has 1 saturated carbocycles. The zero-order chi connectivity index (χ0) is 23.6. The second kappa shape index (κ2) is 8.20. The van der Waals surface area contributed by atoms with Crippen LogP contribution in [0.4, 0.5) is 0 Å². The normalized spacial score (nSPS) is 24.6. The Morgan fingerprint density at radius 2 is 2.06 bits per heavy atom. The van der Waals surface area contributed by atoms with E-state index in [1.165, 1.54) is 0 Å². The highest BCUT2D eigenvalue weighted by Crippen LogP contribution is 2.49. The molecule has 3 aromatic rings. The number of nitrogens with one attached hydrogen (secondary N) is 1. The van der Waals surface area contributed by atoms with Crippen LogP contribution in [0.2, 0.25) is 0 Å². The summed E-state index contributed by atoms with van der Waals surface area (Å²) in [5.74, 6) is 2.17. The van der Waals surface area contributed by atoms with Crippen LogP contribution in [0.15, 0.2) is 40.6 Å². The molecule has 0 bridgehead atoms. The molecule has 4 heterocycles. The molecule has 1 aromatic carbocycles. The fourth-order valence-corrected chi connectivity index (χ4v) is 6.13. The van der Waals surface area contributed by atoms with Gasteiger partial charge in [-0.15, -0.1) is 0 Å². The molecule has 1 saturated heterocycles. The maximum absolute atomic E-state index is 12.8. The van der Waals surface area contributed by atoms with E-state index in [-0.39, 0.29) is 12.0 Å². The molecule has 2 aliphatic heterocycles. The molecule has 3 atom stereocenters. The number of aromatic amines is 1. The zero-order valence-electron chi connectivity index (χ0n) is 19.6. The first-order valence-corrected chi connectivity index (χ1v) is 13.0. The van der Waals surface area contributed by atoms with Crippen molar-refractivity contribution in [3.8, 4) is 11.1 Å². The molecule has 2 N–H and O–H groups in total. The Morgan fingerprint density at radius 3 is 2.74 bits per heavy atom. The van der Waals surface area contributed by atoms with Gasteiger partial charge in [0.05, 0.1) is 57.9 Å². The number of nitrogens with zero attached hydrogens (tertiary/aromatic N) is 3. The van der Waals surface area contributed by atoms with Crippen LogP contribution < -0.4 is 0 Å². The number of rotatable bonds is 5. The third kappa shape index (κ3) is 3.45. The summed E-state index contributed by atoms with van der Waals surface area (Å²) in [5, 5.41) is 17.0. The highest BCUT2D eigenvalue weighted by Gasteiger charge is 2.48. The molecule has 0 amide bonds. The Morgan fingerprint density at radius 1 is 1.24 bits per heavy atom. The van der Waals surface area contributed by atoms with Crippen LogP contribution >= 0.6 is 22.9 Å². The number of H-pyrrole nitrogens is 1. The molecule has 8 heteroatoms. The Labute approximate surface area is 212 Å². The predicted octanol–water partition coefficient (Wildman–Crippen LogP) is 5.43. The summed E-state index contributed by atoms with van der Waals surface area (Å²) in [5.41, 5.74) is 4.96. The van der Waals surface area contributed by atoms with Gasteiger partial charge in [0.2, 0.25) is 0 Å². The Kier molecular flexibility index (Phi) is 5.38. The van der Waals surface area contributed by atoms with E-state index in [1.807, 2.05) is 26.0 Å². The second-order valence-corrected chi connectivity index (χ2v) is 10.9. The fourth-order valence-electron chi connectivity index (χ4n) is 5.41. The van der Waals surface area contributed by atoms with Gasteiger partial charge in [0.15, 0.2) is 0 Å². The first-order valence-electron chi connectivity index (χ1n) is 12.0. The Bertz CT molecular complexity index is 1300. The van der Waals surface area contributed by atoms with E-state index in [0.717, 1.165) is 70.0 Å². The lowest BCUT2D eigenvalue weighted by atomic mass is 9.76. The van der Waals surface area contributed by atoms with Gasteiger partial charge in [-0.05, 0) is 63.8 Å². The van der Waals surface area contributed by atoms with E-state index in [2.05, 4.69) is 61.3 Å². The molecule has 2 fully saturated rings. The van der Waals surface area contributed by atoms with Crippen LogP contribution in [-0.2, 0) is 10.3 Å². The van der Waals surface area contributed by atoms with Crippen molar-refractivity contribution in [2.75, 3.05) is 13.2 Å². The van der Waals surface area contributed by atoms with Crippen molar-refractivity contribution in [1.29, 1.82) is 0 Å². The van der Waals surface area contributed by atoms with Gasteiger partial charge in [0.25, 0.3) is 0 Å². The van der Waals surface area contributed by atoms with Gasteiger partial charge < -0.3 is 22.5 Å². The maximum Gasteiger partial charge on any atom is 0.141 e. The van der Waals surface area contributed by atoms with Gasteiger partial charge >= 0.3 is 0 Å². The summed E-state index contributed by atoms with van der Waals surface area (Å²) < 4.78 is 13.4. The quantitative estimate of drug-likeness (QED) is 0.313. The first-order chi connectivity index (χ1) is 16.4. The van der Waals surface area contributed by atoms with Crippen LogP contribution in [0.25, 0.3) is 22.2 Å². The average Bonchev–Trinajstić information content (AvgIpc) is 3.19. The molecule has 2 aromatic heterocycles. The highest BCUT2D eigenvalue weighted by atomic mass is 127. The first kappa shape index (κ1) is 22.3. The van der Waals surface area contributed by atoms with Crippen molar-refractivity contribution in [1.82, 2.24) is 18.2 Å². The number of halogens is 1.